The number of nitrogens with one attached hydrogen (secondary N) is 1. The van der Waals surface area contributed by atoms with Gasteiger partial charge in [0, 0.05) is 30.3 Å². The Morgan fingerprint density at radius 1 is 1.04 bits per heavy atom. The average molecular weight is 378 g/mol. The number of nitrogens with zero attached hydrogens (tertiary/aromatic N) is 4. The summed E-state index contributed by atoms with van der Waals surface area (Å²) < 4.78 is 2.31. The molecule has 1 saturated heterocycles. The Balaban J connectivity index is 1.77. The average Bonchev–Trinajstić information content (AvgIpc) is 3.28. The lowest BCUT2D eigenvalue weighted by molar-refractivity contribution is 0.291. The van der Waals surface area contributed by atoms with Gasteiger partial charge in [0.05, 0.1) is 30.0 Å². The predicted octanol–water partition coefficient (Wildman–Crippen LogP) is 4.03. The van der Waals surface area contributed by atoms with Crippen molar-refractivity contribution in [3.63, 3.8) is 0 Å². The third-order valence-corrected chi connectivity index (χ3v) is 5.28. The van der Waals surface area contributed by atoms with Crippen LogP contribution in [0.2, 0.25) is 0 Å². The van der Waals surface area contributed by atoms with Crippen LogP contribution >= 0.6 is 12.2 Å². The van der Waals surface area contributed by atoms with Crippen molar-refractivity contribution in [2.45, 2.75) is 38.5 Å². The molecule has 0 saturated carbocycles. The van der Waals surface area contributed by atoms with Crippen molar-refractivity contribution in [1.29, 1.82) is 0 Å². The fourth-order valence-electron chi connectivity index (χ4n) is 3.69. The second-order valence-electron chi connectivity index (χ2n) is 7.01. The van der Waals surface area contributed by atoms with E-state index in [9.17, 15) is 0 Å². The van der Waals surface area contributed by atoms with Gasteiger partial charge in [0.1, 0.15) is 0 Å². The number of rotatable bonds is 5. The van der Waals surface area contributed by atoms with E-state index >= 15 is 0 Å². The van der Waals surface area contributed by atoms with Gasteiger partial charge >= 0.3 is 0 Å². The van der Waals surface area contributed by atoms with Crippen LogP contribution in [0.3, 0.4) is 0 Å². The monoisotopic (exact) mass is 377 g/mol. The summed E-state index contributed by atoms with van der Waals surface area (Å²) in [5.41, 5.74) is 3.21. The highest BCUT2D eigenvalue weighted by Gasteiger charge is 2.41. The second-order valence-corrected chi connectivity index (χ2v) is 7.40. The number of pyridine rings is 2. The third-order valence-electron chi connectivity index (χ3n) is 4.93. The maximum atomic E-state index is 5.73. The smallest absolute Gasteiger partial charge is 0.170 e. The van der Waals surface area contributed by atoms with Crippen LogP contribution in [-0.2, 0) is 6.54 Å². The minimum absolute atomic E-state index is 0.00480. The van der Waals surface area contributed by atoms with Crippen molar-refractivity contribution in [3.8, 4) is 0 Å². The lowest BCUT2D eigenvalue weighted by Crippen LogP contribution is -2.30. The first kappa shape index (κ1) is 17.7. The normalized spacial score (nSPS) is 19.5. The summed E-state index contributed by atoms with van der Waals surface area (Å²) in [6.07, 6.45) is 5.79. The molecule has 5 nitrogen and oxygen atoms in total. The lowest BCUT2D eigenvalue weighted by atomic mass is 10.0. The van der Waals surface area contributed by atoms with Gasteiger partial charge in [-0.1, -0.05) is 12.1 Å². The first-order chi connectivity index (χ1) is 13.1. The van der Waals surface area contributed by atoms with Gasteiger partial charge in [-0.15, -0.1) is 0 Å². The Morgan fingerprint density at radius 3 is 2.48 bits per heavy atom. The summed E-state index contributed by atoms with van der Waals surface area (Å²) >= 11 is 5.73. The van der Waals surface area contributed by atoms with Gasteiger partial charge in [0.15, 0.2) is 5.11 Å². The molecular formula is C21H23N5S. The molecule has 27 heavy (non-hydrogen) atoms. The first-order valence-corrected chi connectivity index (χ1v) is 9.60. The van der Waals surface area contributed by atoms with Crippen molar-refractivity contribution < 1.29 is 0 Å². The highest BCUT2D eigenvalue weighted by molar-refractivity contribution is 7.80. The highest BCUT2D eigenvalue weighted by atomic mass is 32.1. The Hall–Kier alpha value is -2.73. The standard InChI is InChI=1S/C21H23N5S/c1-15(2)25-13-7-10-18(25)20-19(17-9-4-6-12-23-17)24-21(27)26(20)14-16-8-3-5-11-22-16/h3-13,15,19-20H,14H2,1-2H3,(H,24,27)/t19-,20-/m1/s1. The SMILES string of the molecule is CC(C)n1cccc1[C@@H]1[C@@H](c2ccccn2)NC(=S)N1Cc1ccccn1. The fourth-order valence-corrected chi connectivity index (χ4v) is 4.00. The van der Waals surface area contributed by atoms with Gasteiger partial charge in [0.25, 0.3) is 0 Å². The van der Waals surface area contributed by atoms with E-state index in [1.165, 1.54) is 5.69 Å². The van der Waals surface area contributed by atoms with E-state index in [1.54, 1.807) is 0 Å². The van der Waals surface area contributed by atoms with Gasteiger partial charge in [0.2, 0.25) is 0 Å². The van der Waals surface area contributed by atoms with Crippen LogP contribution in [-0.4, -0.2) is 24.5 Å². The molecule has 1 N–H and O–H groups in total. The van der Waals surface area contributed by atoms with Crippen LogP contribution in [0.25, 0.3) is 0 Å². The van der Waals surface area contributed by atoms with Crippen LogP contribution in [0.15, 0.2) is 67.1 Å². The van der Waals surface area contributed by atoms with Crippen molar-refractivity contribution in [1.82, 2.24) is 24.8 Å². The van der Waals surface area contributed by atoms with Crippen LogP contribution in [0.5, 0.6) is 0 Å². The zero-order valence-electron chi connectivity index (χ0n) is 15.5. The molecule has 3 aromatic heterocycles. The second kappa shape index (κ2) is 7.48. The first-order valence-electron chi connectivity index (χ1n) is 9.20. The van der Waals surface area contributed by atoms with E-state index < -0.39 is 0 Å². The largest absolute Gasteiger partial charge is 0.352 e. The number of hydrogen-bond donors (Lipinski definition) is 1. The Kier molecular flexibility index (Phi) is 4.90. The maximum Gasteiger partial charge on any atom is 0.170 e. The van der Waals surface area contributed by atoms with Gasteiger partial charge in [-0.2, -0.15) is 0 Å². The van der Waals surface area contributed by atoms with Crippen LogP contribution < -0.4 is 5.32 Å². The molecule has 1 aliphatic rings. The van der Waals surface area contributed by atoms with E-state index in [4.69, 9.17) is 12.2 Å². The molecule has 3 aromatic rings. The molecule has 0 aliphatic carbocycles. The zero-order valence-corrected chi connectivity index (χ0v) is 16.3. The van der Waals surface area contributed by atoms with Crippen molar-refractivity contribution in [2.75, 3.05) is 0 Å². The van der Waals surface area contributed by atoms with Gasteiger partial charge < -0.3 is 14.8 Å². The summed E-state index contributed by atoms with van der Waals surface area (Å²) in [7, 11) is 0. The minimum atomic E-state index is -0.00480. The van der Waals surface area contributed by atoms with E-state index in [2.05, 4.69) is 63.0 Å². The number of thiocarbonyl (C=S) groups is 1. The Bertz CT molecular complexity index is 907. The van der Waals surface area contributed by atoms with Gasteiger partial charge in [-0.25, -0.2) is 0 Å². The molecule has 0 spiro atoms. The fraction of sp³-hybridized carbons (Fsp3) is 0.286. The van der Waals surface area contributed by atoms with Gasteiger partial charge in [-0.3, -0.25) is 9.97 Å². The number of aromatic nitrogens is 3. The molecule has 0 amide bonds. The zero-order chi connectivity index (χ0) is 18.8. The van der Waals surface area contributed by atoms with E-state index in [0.29, 0.717) is 12.6 Å². The third kappa shape index (κ3) is 3.45. The summed E-state index contributed by atoms with van der Waals surface area (Å²) in [5.74, 6) is 0. The van der Waals surface area contributed by atoms with E-state index in [1.807, 2.05) is 42.7 Å². The molecule has 1 aliphatic heterocycles. The predicted molar refractivity (Wildman–Crippen MR) is 110 cm³/mol. The molecule has 4 rings (SSSR count). The summed E-state index contributed by atoms with van der Waals surface area (Å²) in [6.45, 7) is 5.05. The molecule has 0 radical (unpaired) electrons. The van der Waals surface area contributed by atoms with Crippen LogP contribution in [0, 0.1) is 0 Å². The minimum Gasteiger partial charge on any atom is -0.352 e. The molecule has 2 atom stereocenters. The quantitative estimate of drug-likeness (QED) is 0.680. The van der Waals surface area contributed by atoms with E-state index in [-0.39, 0.29) is 12.1 Å². The van der Waals surface area contributed by atoms with E-state index in [0.717, 1.165) is 16.5 Å². The van der Waals surface area contributed by atoms with Gasteiger partial charge in [-0.05, 0) is 62.5 Å². The van der Waals surface area contributed by atoms with Crippen LogP contribution in [0.1, 0.15) is 49.1 Å². The highest BCUT2D eigenvalue weighted by Crippen LogP contribution is 2.40. The Labute approximate surface area is 165 Å². The summed E-state index contributed by atoms with van der Waals surface area (Å²) in [6, 6.07) is 16.7. The topological polar surface area (TPSA) is 46.0 Å². The molecule has 0 unspecified atom stereocenters. The molecular weight excluding hydrogens is 354 g/mol. The summed E-state index contributed by atoms with van der Waals surface area (Å²) in [4.78, 5) is 11.3. The molecule has 1 fully saturated rings. The number of hydrogen-bond acceptors (Lipinski definition) is 3. The molecule has 6 heteroatoms. The van der Waals surface area contributed by atoms with Crippen molar-refractivity contribution >= 4 is 17.3 Å². The molecule has 4 heterocycles. The lowest BCUT2D eigenvalue weighted by Gasteiger charge is -2.29. The molecule has 0 bridgehead atoms. The Morgan fingerprint density at radius 2 is 1.81 bits per heavy atom. The maximum absolute atomic E-state index is 5.73. The molecule has 138 valence electrons. The van der Waals surface area contributed by atoms with Crippen molar-refractivity contribution in [3.05, 3.63) is 84.2 Å². The van der Waals surface area contributed by atoms with Crippen molar-refractivity contribution in [2.24, 2.45) is 0 Å². The molecule has 0 aromatic carbocycles. The summed E-state index contributed by atoms with van der Waals surface area (Å²) in [5, 5.41) is 4.23. The van der Waals surface area contributed by atoms with Crippen LogP contribution in [0.4, 0.5) is 0 Å².